The molecule has 4 heteroatoms. The lowest BCUT2D eigenvalue weighted by atomic mass is 9.89. The average Bonchev–Trinajstić information content (AvgIpc) is 2.61. The third-order valence-corrected chi connectivity index (χ3v) is 5.76. The van der Waals surface area contributed by atoms with Gasteiger partial charge in [0.05, 0.1) is 10.4 Å². The normalized spacial score (nSPS) is 29.2. The van der Waals surface area contributed by atoms with Gasteiger partial charge in [-0.3, -0.25) is 4.98 Å². The molecular formula is C12H14NS3-. The van der Waals surface area contributed by atoms with E-state index in [0.29, 0.717) is 10.1 Å². The summed E-state index contributed by atoms with van der Waals surface area (Å²) in [5.74, 6) is 1.60. The molecule has 0 aromatic carbocycles. The van der Waals surface area contributed by atoms with Crippen LogP contribution in [0.3, 0.4) is 0 Å². The molecule has 0 radical (unpaired) electrons. The van der Waals surface area contributed by atoms with Gasteiger partial charge in [0.25, 0.3) is 0 Å². The van der Waals surface area contributed by atoms with Gasteiger partial charge in [0, 0.05) is 5.69 Å². The highest BCUT2D eigenvalue weighted by molar-refractivity contribution is 8.08. The van der Waals surface area contributed by atoms with E-state index in [9.17, 15) is 0 Å². The molecular weight excluding hydrogens is 254 g/mol. The lowest BCUT2D eigenvalue weighted by Crippen LogP contribution is -2.34. The van der Waals surface area contributed by atoms with Crippen molar-refractivity contribution in [2.24, 2.45) is 5.92 Å². The standard InChI is InChI=1S/C12H15NS3/c1-8-6-7-16-12(8,11(14)15)10-5-3-4-9(2)13-10/h3-5,8H,6-7H2,1-2H3,(H,14,15)/p-1. The summed E-state index contributed by atoms with van der Waals surface area (Å²) in [6, 6.07) is 6.10. The highest BCUT2D eigenvalue weighted by Crippen LogP contribution is 2.50. The second-order valence-electron chi connectivity index (χ2n) is 4.23. The summed E-state index contributed by atoms with van der Waals surface area (Å²) < 4.78 is 0.442. The maximum absolute atomic E-state index is 5.32. The van der Waals surface area contributed by atoms with Gasteiger partial charge in [0.15, 0.2) is 0 Å². The Morgan fingerprint density at radius 3 is 2.88 bits per heavy atom. The zero-order chi connectivity index (χ0) is 11.8. The predicted molar refractivity (Wildman–Crippen MR) is 76.9 cm³/mol. The van der Waals surface area contributed by atoms with Gasteiger partial charge in [-0.15, -0.1) is 16.0 Å². The van der Waals surface area contributed by atoms with Crippen molar-refractivity contribution in [3.8, 4) is 0 Å². The lowest BCUT2D eigenvalue weighted by Gasteiger charge is -2.36. The van der Waals surface area contributed by atoms with Crippen LogP contribution in [0.15, 0.2) is 18.2 Å². The summed E-state index contributed by atoms with van der Waals surface area (Å²) in [5, 5.41) is 0. The van der Waals surface area contributed by atoms with Gasteiger partial charge in [-0.05, 0) is 37.1 Å². The molecule has 2 heterocycles. The molecule has 1 saturated heterocycles. The van der Waals surface area contributed by atoms with Crippen LogP contribution in [-0.2, 0) is 17.4 Å². The first-order chi connectivity index (χ1) is 7.57. The van der Waals surface area contributed by atoms with Crippen LogP contribution < -0.4 is 0 Å². The Morgan fingerprint density at radius 2 is 2.38 bits per heavy atom. The monoisotopic (exact) mass is 268 g/mol. The first-order valence-corrected chi connectivity index (χ1v) is 7.17. The summed E-state index contributed by atoms with van der Waals surface area (Å²) in [6.45, 7) is 4.23. The lowest BCUT2D eigenvalue weighted by molar-refractivity contribution is 0.520. The van der Waals surface area contributed by atoms with Crippen LogP contribution in [0, 0.1) is 12.8 Å². The van der Waals surface area contributed by atoms with Crippen molar-refractivity contribution in [1.29, 1.82) is 0 Å². The number of nitrogens with zero attached hydrogens (tertiary/aromatic N) is 1. The minimum atomic E-state index is -0.212. The van der Waals surface area contributed by atoms with Crippen LogP contribution in [0.2, 0.25) is 0 Å². The van der Waals surface area contributed by atoms with Crippen LogP contribution >= 0.6 is 24.0 Å². The molecule has 86 valence electrons. The SMILES string of the molecule is Cc1cccc(C2(C(=S)[S-])SCCC2C)n1. The van der Waals surface area contributed by atoms with Crippen LogP contribution in [0.4, 0.5) is 0 Å². The fourth-order valence-electron chi connectivity index (χ4n) is 2.18. The summed E-state index contributed by atoms with van der Waals surface area (Å²) >= 11 is 12.5. The third-order valence-electron chi connectivity index (χ3n) is 3.15. The van der Waals surface area contributed by atoms with E-state index in [1.165, 1.54) is 0 Å². The quantitative estimate of drug-likeness (QED) is 0.603. The number of hydrogen-bond acceptors (Lipinski definition) is 4. The van der Waals surface area contributed by atoms with E-state index in [0.717, 1.165) is 23.6 Å². The summed E-state index contributed by atoms with van der Waals surface area (Å²) in [5.41, 5.74) is 2.07. The molecule has 0 spiro atoms. The molecule has 1 aliphatic heterocycles. The average molecular weight is 268 g/mol. The second-order valence-corrected chi connectivity index (χ2v) is 6.64. The Morgan fingerprint density at radius 1 is 1.62 bits per heavy atom. The molecule has 0 aliphatic carbocycles. The molecule has 2 atom stereocenters. The zero-order valence-electron chi connectivity index (χ0n) is 9.40. The van der Waals surface area contributed by atoms with Crippen LogP contribution in [-0.4, -0.2) is 14.9 Å². The van der Waals surface area contributed by atoms with Gasteiger partial charge in [0.2, 0.25) is 0 Å². The zero-order valence-corrected chi connectivity index (χ0v) is 11.8. The van der Waals surface area contributed by atoms with Gasteiger partial charge >= 0.3 is 0 Å². The molecule has 2 unspecified atom stereocenters. The van der Waals surface area contributed by atoms with Crippen molar-refractivity contribution < 1.29 is 0 Å². The van der Waals surface area contributed by atoms with E-state index in [-0.39, 0.29) is 4.75 Å². The molecule has 0 bridgehead atoms. The maximum atomic E-state index is 5.32. The van der Waals surface area contributed by atoms with Crippen LogP contribution in [0.1, 0.15) is 24.7 Å². The molecule has 16 heavy (non-hydrogen) atoms. The van der Waals surface area contributed by atoms with E-state index < -0.39 is 0 Å². The van der Waals surface area contributed by atoms with Gasteiger partial charge in [0.1, 0.15) is 0 Å². The Balaban J connectivity index is 2.52. The second kappa shape index (κ2) is 4.59. The van der Waals surface area contributed by atoms with Crippen molar-refractivity contribution in [1.82, 2.24) is 4.98 Å². The number of aromatic nitrogens is 1. The molecule has 1 aliphatic rings. The van der Waals surface area contributed by atoms with E-state index in [1.54, 1.807) is 0 Å². The molecule has 1 nitrogen and oxygen atoms in total. The predicted octanol–water partition coefficient (Wildman–Crippen LogP) is 3.23. The number of hydrogen-bond donors (Lipinski definition) is 0. The molecule has 1 fully saturated rings. The molecule has 0 saturated carbocycles. The maximum Gasteiger partial charge on any atom is 0.0676 e. The first-order valence-electron chi connectivity index (χ1n) is 5.37. The number of thiocarbonyl (C=S) groups is 1. The van der Waals surface area contributed by atoms with Crippen molar-refractivity contribution >= 4 is 40.8 Å². The van der Waals surface area contributed by atoms with Crippen molar-refractivity contribution in [3.63, 3.8) is 0 Å². The van der Waals surface area contributed by atoms with E-state index in [4.69, 9.17) is 24.8 Å². The summed E-state index contributed by atoms with van der Waals surface area (Å²) in [6.07, 6.45) is 1.16. The largest absolute Gasteiger partial charge is 0.431 e. The number of aryl methyl sites for hydroxylation is 1. The van der Waals surface area contributed by atoms with Gasteiger partial charge < -0.3 is 24.8 Å². The molecule has 0 N–H and O–H groups in total. The Bertz CT molecular complexity index is 418. The minimum absolute atomic E-state index is 0.212. The fraction of sp³-hybridized carbons (Fsp3) is 0.500. The first kappa shape index (κ1) is 12.3. The summed E-state index contributed by atoms with van der Waals surface area (Å²) in [7, 11) is 0. The van der Waals surface area contributed by atoms with Crippen molar-refractivity contribution in [3.05, 3.63) is 29.6 Å². The van der Waals surface area contributed by atoms with Gasteiger partial charge in [-0.2, -0.15) is 0 Å². The van der Waals surface area contributed by atoms with Crippen molar-refractivity contribution in [2.75, 3.05) is 5.75 Å². The smallest absolute Gasteiger partial charge is 0.0676 e. The number of pyridine rings is 1. The van der Waals surface area contributed by atoms with Gasteiger partial charge in [-0.1, -0.05) is 13.0 Å². The highest BCUT2D eigenvalue weighted by Gasteiger charge is 2.42. The third kappa shape index (κ3) is 1.87. The van der Waals surface area contributed by atoms with Crippen LogP contribution in [0.5, 0.6) is 0 Å². The Kier molecular flexibility index (Phi) is 3.52. The van der Waals surface area contributed by atoms with Crippen molar-refractivity contribution in [2.45, 2.75) is 25.0 Å². The molecule has 1 aromatic heterocycles. The molecule has 1 aromatic rings. The van der Waals surface area contributed by atoms with Gasteiger partial charge in [-0.25, -0.2) is 0 Å². The van der Waals surface area contributed by atoms with Crippen LogP contribution in [0.25, 0.3) is 0 Å². The Hall–Kier alpha value is -0.190. The van der Waals surface area contributed by atoms with E-state index in [2.05, 4.69) is 18.0 Å². The summed E-state index contributed by atoms with van der Waals surface area (Å²) in [4.78, 5) is 4.62. The number of thioether (sulfide) groups is 1. The minimum Gasteiger partial charge on any atom is -0.431 e. The number of rotatable bonds is 2. The fourth-order valence-corrected chi connectivity index (χ4v) is 4.72. The highest BCUT2D eigenvalue weighted by atomic mass is 32.2. The van der Waals surface area contributed by atoms with E-state index >= 15 is 0 Å². The molecule has 0 amide bonds. The topological polar surface area (TPSA) is 12.9 Å². The van der Waals surface area contributed by atoms with E-state index in [1.807, 2.05) is 30.8 Å². The molecule has 2 rings (SSSR count). The Labute approximate surface area is 112 Å².